The first-order chi connectivity index (χ1) is 13.7. The van der Waals surface area contributed by atoms with Gasteiger partial charge < -0.3 is 15.0 Å². The Morgan fingerprint density at radius 3 is 2.46 bits per heavy atom. The predicted molar refractivity (Wildman–Crippen MR) is 110 cm³/mol. The van der Waals surface area contributed by atoms with Crippen LogP contribution in [0.15, 0.2) is 24.3 Å². The number of hydrogen-bond acceptors (Lipinski definition) is 5. The Bertz CT molecular complexity index is 642. The summed E-state index contributed by atoms with van der Waals surface area (Å²) in [5.74, 6) is 2.34. The number of carbonyl (C=O) groups excluding carboxylic acids is 1. The third-order valence-corrected chi connectivity index (χ3v) is 6.58. The van der Waals surface area contributed by atoms with Gasteiger partial charge in [0.2, 0.25) is 5.91 Å². The summed E-state index contributed by atoms with van der Waals surface area (Å²) in [7, 11) is 0. The lowest BCUT2D eigenvalue weighted by Crippen LogP contribution is -2.47. The number of rotatable bonds is 7. The minimum absolute atomic E-state index is 0.219. The minimum Gasteiger partial charge on any atom is -0.492 e. The molecule has 4 rings (SSSR count). The molecule has 0 saturated carbocycles. The zero-order chi connectivity index (χ0) is 19.3. The fourth-order valence-electron chi connectivity index (χ4n) is 4.75. The summed E-state index contributed by atoms with van der Waals surface area (Å²) < 4.78 is 5.96. The largest absolute Gasteiger partial charge is 0.492 e. The molecule has 1 N–H and O–H groups in total. The van der Waals surface area contributed by atoms with Crippen LogP contribution in [0, 0.1) is 11.8 Å². The predicted octanol–water partition coefficient (Wildman–Crippen LogP) is 1.27. The average molecular weight is 387 g/mol. The number of fused-ring (bicyclic) bond motifs is 1. The first-order valence-corrected chi connectivity index (χ1v) is 10.8. The Kier molecular flexibility index (Phi) is 6.50. The fraction of sp³-hybridized carbons (Fsp3) is 0.682. The smallest absolute Gasteiger partial charge is 0.220 e. The van der Waals surface area contributed by atoms with Crippen LogP contribution in [-0.4, -0.2) is 86.1 Å². The molecule has 1 aromatic rings. The van der Waals surface area contributed by atoms with Crippen molar-refractivity contribution in [2.45, 2.75) is 19.9 Å². The molecule has 3 saturated heterocycles. The second-order valence-corrected chi connectivity index (χ2v) is 8.49. The van der Waals surface area contributed by atoms with Crippen molar-refractivity contribution in [3.63, 3.8) is 0 Å². The van der Waals surface area contributed by atoms with Gasteiger partial charge in [0, 0.05) is 65.3 Å². The average Bonchev–Trinajstić information content (AvgIpc) is 3.11. The number of hydrogen-bond donors (Lipinski definition) is 1. The van der Waals surface area contributed by atoms with Crippen LogP contribution in [-0.2, 0) is 11.3 Å². The van der Waals surface area contributed by atoms with Crippen LogP contribution in [0.2, 0.25) is 0 Å². The first kappa shape index (κ1) is 19.7. The highest BCUT2D eigenvalue weighted by Crippen LogP contribution is 2.29. The van der Waals surface area contributed by atoms with Gasteiger partial charge in [-0.05, 0) is 36.1 Å². The summed E-state index contributed by atoms with van der Waals surface area (Å²) >= 11 is 0. The number of carbonyl (C=O) groups is 1. The molecule has 0 bridgehead atoms. The van der Waals surface area contributed by atoms with E-state index >= 15 is 0 Å². The lowest BCUT2D eigenvalue weighted by atomic mass is 9.89. The summed E-state index contributed by atoms with van der Waals surface area (Å²) in [5, 5.41) is 3.01. The van der Waals surface area contributed by atoms with E-state index in [2.05, 4.69) is 51.2 Å². The Hall–Kier alpha value is -1.63. The molecule has 3 fully saturated rings. The van der Waals surface area contributed by atoms with Crippen molar-refractivity contribution in [2.75, 3.05) is 65.5 Å². The number of likely N-dealkylation sites (tertiary alicyclic amines) is 1. The number of amides is 1. The van der Waals surface area contributed by atoms with Gasteiger partial charge in [0.1, 0.15) is 12.4 Å². The van der Waals surface area contributed by atoms with E-state index in [0.29, 0.717) is 18.3 Å². The topological polar surface area (TPSA) is 48.1 Å². The van der Waals surface area contributed by atoms with E-state index in [9.17, 15) is 4.79 Å². The van der Waals surface area contributed by atoms with E-state index in [1.807, 2.05) is 0 Å². The van der Waals surface area contributed by atoms with Gasteiger partial charge in [-0.25, -0.2) is 0 Å². The highest BCUT2D eigenvalue weighted by molar-refractivity contribution is 5.77. The highest BCUT2D eigenvalue weighted by Gasteiger charge is 2.36. The normalized spacial score (nSPS) is 26.8. The van der Waals surface area contributed by atoms with Crippen LogP contribution in [0.1, 0.15) is 18.9 Å². The van der Waals surface area contributed by atoms with Gasteiger partial charge in [-0.2, -0.15) is 0 Å². The number of piperazine rings is 1. The monoisotopic (exact) mass is 386 g/mol. The molecule has 3 aliphatic rings. The van der Waals surface area contributed by atoms with Crippen molar-refractivity contribution in [3.8, 4) is 5.75 Å². The van der Waals surface area contributed by atoms with Crippen molar-refractivity contribution >= 4 is 5.91 Å². The Morgan fingerprint density at radius 2 is 1.71 bits per heavy atom. The van der Waals surface area contributed by atoms with Gasteiger partial charge in [0.05, 0.1) is 0 Å². The zero-order valence-electron chi connectivity index (χ0n) is 17.1. The van der Waals surface area contributed by atoms with Gasteiger partial charge in [-0.1, -0.05) is 19.1 Å². The van der Waals surface area contributed by atoms with Crippen LogP contribution < -0.4 is 10.1 Å². The Morgan fingerprint density at radius 1 is 1.00 bits per heavy atom. The lowest BCUT2D eigenvalue weighted by molar-refractivity contribution is -0.124. The number of ether oxygens (including phenoxy) is 1. The molecule has 0 aliphatic carbocycles. The maximum atomic E-state index is 11.6. The third kappa shape index (κ3) is 5.04. The molecular formula is C22H34N4O2. The quantitative estimate of drug-likeness (QED) is 0.765. The Balaban J connectivity index is 1.18. The summed E-state index contributed by atoms with van der Waals surface area (Å²) in [6, 6.07) is 8.55. The van der Waals surface area contributed by atoms with Crippen molar-refractivity contribution in [3.05, 3.63) is 29.8 Å². The van der Waals surface area contributed by atoms with E-state index in [1.54, 1.807) is 0 Å². The van der Waals surface area contributed by atoms with Gasteiger partial charge in [-0.15, -0.1) is 0 Å². The molecular weight excluding hydrogens is 352 g/mol. The molecule has 0 aromatic heterocycles. The molecule has 6 nitrogen and oxygen atoms in total. The number of likely N-dealkylation sites (N-methyl/N-ethyl adjacent to an activating group) is 1. The molecule has 154 valence electrons. The lowest BCUT2D eigenvalue weighted by Gasteiger charge is -2.33. The van der Waals surface area contributed by atoms with Gasteiger partial charge in [0.25, 0.3) is 0 Å². The van der Waals surface area contributed by atoms with Crippen LogP contribution >= 0.6 is 0 Å². The van der Waals surface area contributed by atoms with Crippen LogP contribution in [0.4, 0.5) is 0 Å². The van der Waals surface area contributed by atoms with Crippen LogP contribution in [0.25, 0.3) is 0 Å². The van der Waals surface area contributed by atoms with Gasteiger partial charge >= 0.3 is 0 Å². The van der Waals surface area contributed by atoms with Crippen molar-refractivity contribution < 1.29 is 9.53 Å². The summed E-state index contributed by atoms with van der Waals surface area (Å²) in [5.41, 5.74) is 1.32. The number of piperidine rings is 1. The van der Waals surface area contributed by atoms with Crippen LogP contribution in [0.5, 0.6) is 5.75 Å². The molecule has 3 heterocycles. The second kappa shape index (κ2) is 9.25. The zero-order valence-corrected chi connectivity index (χ0v) is 17.1. The molecule has 0 spiro atoms. The number of nitrogens with one attached hydrogen (secondary N) is 1. The highest BCUT2D eigenvalue weighted by atomic mass is 16.5. The van der Waals surface area contributed by atoms with E-state index < -0.39 is 0 Å². The summed E-state index contributed by atoms with van der Waals surface area (Å²) in [4.78, 5) is 19.1. The molecule has 0 radical (unpaired) electrons. The third-order valence-electron chi connectivity index (χ3n) is 6.58. The molecule has 28 heavy (non-hydrogen) atoms. The molecule has 0 unspecified atom stereocenters. The molecule has 6 heteroatoms. The minimum atomic E-state index is 0.219. The van der Waals surface area contributed by atoms with Crippen molar-refractivity contribution in [2.24, 2.45) is 11.8 Å². The summed E-state index contributed by atoms with van der Waals surface area (Å²) in [6.07, 6.45) is 0.696. The van der Waals surface area contributed by atoms with Crippen molar-refractivity contribution in [1.29, 1.82) is 0 Å². The SMILES string of the molecule is CCN1CCN(CCOc2ccc(CN3C[C@H]4CC(=O)NC[C@H]4C3)cc2)CC1. The van der Waals surface area contributed by atoms with Gasteiger partial charge in [-0.3, -0.25) is 14.6 Å². The summed E-state index contributed by atoms with van der Waals surface area (Å²) in [6.45, 7) is 13.7. The molecule has 3 aliphatic heterocycles. The van der Waals surface area contributed by atoms with E-state index in [1.165, 1.54) is 18.7 Å². The standard InChI is InChI=1S/C22H34N4O2/c1-2-24-7-9-25(10-8-24)11-12-28-21-5-3-18(4-6-21)15-26-16-19-13-22(27)23-14-20(19)17-26/h3-6,19-20H,2,7-17H2,1H3,(H,23,27)/t19-,20+/m1/s1. The van der Waals surface area contributed by atoms with E-state index in [0.717, 1.165) is 64.7 Å². The van der Waals surface area contributed by atoms with Crippen molar-refractivity contribution in [1.82, 2.24) is 20.0 Å². The fourth-order valence-corrected chi connectivity index (χ4v) is 4.75. The first-order valence-electron chi connectivity index (χ1n) is 10.8. The second-order valence-electron chi connectivity index (χ2n) is 8.49. The van der Waals surface area contributed by atoms with E-state index in [-0.39, 0.29) is 5.91 Å². The maximum absolute atomic E-state index is 11.6. The molecule has 2 atom stereocenters. The number of benzene rings is 1. The molecule has 1 aromatic carbocycles. The van der Waals surface area contributed by atoms with Gasteiger partial charge in [0.15, 0.2) is 0 Å². The van der Waals surface area contributed by atoms with Crippen LogP contribution in [0.3, 0.4) is 0 Å². The van der Waals surface area contributed by atoms with E-state index in [4.69, 9.17) is 4.74 Å². The Labute approximate surface area is 168 Å². The maximum Gasteiger partial charge on any atom is 0.220 e. The molecule has 1 amide bonds. The number of nitrogens with zero attached hydrogens (tertiary/aromatic N) is 3.